The third-order valence-electron chi connectivity index (χ3n) is 2.82. The first kappa shape index (κ1) is 15.2. The van der Waals surface area contributed by atoms with Crippen molar-refractivity contribution in [1.29, 1.82) is 0 Å². The Labute approximate surface area is 112 Å². The average Bonchev–Trinajstić information content (AvgIpc) is 2.33. The van der Waals surface area contributed by atoms with Gasteiger partial charge in [-0.3, -0.25) is 9.59 Å². The fourth-order valence-electron chi connectivity index (χ4n) is 1.78. The Morgan fingerprint density at radius 2 is 1.95 bits per heavy atom. The van der Waals surface area contributed by atoms with Gasteiger partial charge >= 0.3 is 5.97 Å². The normalized spacial score (nSPS) is 10.6. The topological polar surface area (TPSA) is 66.8 Å². The molecule has 0 fully saturated rings. The number of rotatable bonds is 5. The smallest absolute Gasteiger partial charge is 0.313 e. The number of carbonyl (C=O) groups excluding carboxylic acids is 2. The molecule has 0 aliphatic rings. The lowest BCUT2D eigenvalue weighted by Gasteiger charge is -2.15. The van der Waals surface area contributed by atoms with Crippen LogP contribution < -0.4 is 0 Å². The van der Waals surface area contributed by atoms with Crippen molar-refractivity contribution in [3.63, 3.8) is 0 Å². The number of hydrogen-bond donors (Lipinski definition) is 1. The van der Waals surface area contributed by atoms with Gasteiger partial charge < -0.3 is 14.7 Å². The van der Waals surface area contributed by atoms with Gasteiger partial charge in [-0.2, -0.15) is 0 Å². The molecule has 1 aromatic carbocycles. The summed E-state index contributed by atoms with van der Waals surface area (Å²) in [7, 11) is 4.98. The Morgan fingerprint density at radius 3 is 2.47 bits per heavy atom. The lowest BCUT2D eigenvalue weighted by molar-refractivity contribution is -0.139. The summed E-state index contributed by atoms with van der Waals surface area (Å²) in [6.07, 6.45) is -0.367. The highest BCUT2D eigenvalue weighted by atomic mass is 16.5. The van der Waals surface area contributed by atoms with Crippen LogP contribution in [0.2, 0.25) is 0 Å². The van der Waals surface area contributed by atoms with Gasteiger partial charge in [-0.15, -0.1) is 0 Å². The number of benzene rings is 1. The predicted molar refractivity (Wildman–Crippen MR) is 71.2 cm³/mol. The van der Waals surface area contributed by atoms with Crippen LogP contribution in [-0.4, -0.2) is 43.0 Å². The van der Waals surface area contributed by atoms with E-state index in [2.05, 4.69) is 4.74 Å². The van der Waals surface area contributed by atoms with E-state index in [4.69, 9.17) is 0 Å². The van der Waals surface area contributed by atoms with E-state index in [1.54, 1.807) is 6.07 Å². The van der Waals surface area contributed by atoms with Gasteiger partial charge in [-0.25, -0.2) is 0 Å². The maximum atomic E-state index is 11.9. The van der Waals surface area contributed by atoms with Gasteiger partial charge in [0.15, 0.2) is 5.78 Å². The number of phenolic OH excluding ortho intramolecular Hbond substituents is 1. The third kappa shape index (κ3) is 3.79. The Kier molecular flexibility index (Phi) is 5.06. The van der Waals surface area contributed by atoms with Crippen LogP contribution in [0.3, 0.4) is 0 Å². The van der Waals surface area contributed by atoms with Crippen LogP contribution in [0.15, 0.2) is 12.1 Å². The molecule has 0 bridgehead atoms. The Hall–Kier alpha value is -1.88. The highest BCUT2D eigenvalue weighted by Gasteiger charge is 2.19. The molecule has 0 heterocycles. The van der Waals surface area contributed by atoms with Gasteiger partial charge in [0.1, 0.15) is 12.2 Å². The second-order valence-electron chi connectivity index (χ2n) is 4.67. The molecule has 0 amide bonds. The van der Waals surface area contributed by atoms with E-state index in [1.807, 2.05) is 25.9 Å². The van der Waals surface area contributed by atoms with E-state index < -0.39 is 11.8 Å². The fraction of sp³-hybridized carbons (Fsp3) is 0.429. The molecule has 0 saturated carbocycles. The van der Waals surface area contributed by atoms with Crippen molar-refractivity contribution in [2.45, 2.75) is 19.9 Å². The molecule has 19 heavy (non-hydrogen) atoms. The SMILES string of the molecule is COC(=O)CC(=O)c1ccc(C)c(CN(C)C)c1O. The molecule has 1 rings (SSSR count). The van der Waals surface area contributed by atoms with Crippen molar-refractivity contribution in [3.05, 3.63) is 28.8 Å². The molecule has 0 saturated heterocycles. The van der Waals surface area contributed by atoms with E-state index in [0.29, 0.717) is 12.1 Å². The molecule has 0 aromatic heterocycles. The second-order valence-corrected chi connectivity index (χ2v) is 4.67. The molecule has 104 valence electrons. The number of Topliss-reactive ketones (excluding diaryl/α,β-unsaturated/α-hetero) is 1. The van der Waals surface area contributed by atoms with Gasteiger partial charge in [-0.1, -0.05) is 6.07 Å². The van der Waals surface area contributed by atoms with Gasteiger partial charge in [0.05, 0.1) is 12.7 Å². The number of ketones is 1. The number of phenols is 1. The first-order chi connectivity index (χ1) is 8.86. The summed E-state index contributed by atoms with van der Waals surface area (Å²) in [6.45, 7) is 2.39. The van der Waals surface area contributed by atoms with Crippen LogP contribution in [0.25, 0.3) is 0 Å². The maximum absolute atomic E-state index is 11.9. The minimum Gasteiger partial charge on any atom is -0.507 e. The van der Waals surface area contributed by atoms with Gasteiger partial charge in [0, 0.05) is 12.1 Å². The number of ether oxygens (including phenoxy) is 1. The summed E-state index contributed by atoms with van der Waals surface area (Å²) in [5.74, 6) is -1.11. The van der Waals surface area contributed by atoms with Gasteiger partial charge in [0.2, 0.25) is 0 Å². The lowest BCUT2D eigenvalue weighted by Crippen LogP contribution is -2.14. The summed E-state index contributed by atoms with van der Waals surface area (Å²) in [5.41, 5.74) is 1.76. The van der Waals surface area contributed by atoms with Crippen LogP contribution in [-0.2, 0) is 16.1 Å². The monoisotopic (exact) mass is 265 g/mol. The fourth-order valence-corrected chi connectivity index (χ4v) is 1.78. The molecule has 0 atom stereocenters. The number of aromatic hydroxyl groups is 1. The number of carbonyl (C=O) groups is 2. The molecular formula is C14H19NO4. The summed E-state index contributed by atoms with van der Waals surface area (Å²) >= 11 is 0. The minimum absolute atomic E-state index is 0.0531. The van der Waals surface area contributed by atoms with Crippen LogP contribution in [0.5, 0.6) is 5.75 Å². The highest BCUT2D eigenvalue weighted by molar-refractivity contribution is 6.07. The number of hydrogen-bond acceptors (Lipinski definition) is 5. The first-order valence-electron chi connectivity index (χ1n) is 5.93. The third-order valence-corrected chi connectivity index (χ3v) is 2.82. The quantitative estimate of drug-likeness (QED) is 0.496. The van der Waals surface area contributed by atoms with E-state index in [9.17, 15) is 14.7 Å². The minimum atomic E-state index is -0.612. The zero-order valence-electron chi connectivity index (χ0n) is 11.7. The van der Waals surface area contributed by atoms with Crippen molar-refractivity contribution >= 4 is 11.8 Å². The second kappa shape index (κ2) is 6.33. The molecule has 1 aromatic rings. The summed E-state index contributed by atoms with van der Waals surface area (Å²) in [5, 5.41) is 10.2. The predicted octanol–water partition coefficient (Wildman–Crippen LogP) is 1.51. The van der Waals surface area contributed by atoms with Crippen LogP contribution >= 0.6 is 0 Å². The van der Waals surface area contributed by atoms with Crippen LogP contribution in [0, 0.1) is 6.92 Å². The van der Waals surface area contributed by atoms with E-state index in [-0.39, 0.29) is 17.7 Å². The molecule has 0 radical (unpaired) electrons. The van der Waals surface area contributed by atoms with Crippen molar-refractivity contribution in [2.75, 3.05) is 21.2 Å². The molecule has 5 nitrogen and oxygen atoms in total. The molecule has 0 aliphatic carbocycles. The lowest BCUT2D eigenvalue weighted by atomic mass is 9.99. The van der Waals surface area contributed by atoms with Gasteiger partial charge in [-0.05, 0) is 32.6 Å². The Bertz CT molecular complexity index is 494. The van der Waals surface area contributed by atoms with Crippen molar-refractivity contribution in [1.82, 2.24) is 4.90 Å². The molecule has 1 N–H and O–H groups in total. The standard InChI is InChI=1S/C14H19NO4/c1-9-5-6-10(12(16)7-13(17)19-4)14(18)11(9)8-15(2)3/h5-6,18H,7-8H2,1-4H3. The number of nitrogens with zero attached hydrogens (tertiary/aromatic N) is 1. The van der Waals surface area contributed by atoms with Crippen LogP contribution in [0.1, 0.15) is 27.9 Å². The highest BCUT2D eigenvalue weighted by Crippen LogP contribution is 2.27. The van der Waals surface area contributed by atoms with Crippen molar-refractivity contribution in [3.8, 4) is 5.75 Å². The largest absolute Gasteiger partial charge is 0.507 e. The summed E-state index contributed by atoms with van der Waals surface area (Å²) < 4.78 is 4.45. The number of esters is 1. The van der Waals surface area contributed by atoms with Crippen molar-refractivity contribution in [2.24, 2.45) is 0 Å². The molecule has 0 spiro atoms. The van der Waals surface area contributed by atoms with Gasteiger partial charge in [0.25, 0.3) is 0 Å². The van der Waals surface area contributed by atoms with E-state index >= 15 is 0 Å². The molecular weight excluding hydrogens is 246 g/mol. The number of aryl methyl sites for hydroxylation is 1. The first-order valence-corrected chi connectivity index (χ1v) is 5.93. The van der Waals surface area contributed by atoms with E-state index in [0.717, 1.165) is 5.56 Å². The maximum Gasteiger partial charge on any atom is 0.313 e. The summed E-state index contributed by atoms with van der Waals surface area (Å²) in [4.78, 5) is 24.9. The average molecular weight is 265 g/mol. The zero-order valence-corrected chi connectivity index (χ0v) is 11.7. The number of methoxy groups -OCH3 is 1. The molecule has 0 unspecified atom stereocenters. The summed E-state index contributed by atoms with van der Waals surface area (Å²) in [6, 6.07) is 3.30. The zero-order chi connectivity index (χ0) is 14.6. The molecule has 0 aliphatic heterocycles. The van der Waals surface area contributed by atoms with E-state index in [1.165, 1.54) is 13.2 Å². The Morgan fingerprint density at radius 1 is 1.32 bits per heavy atom. The van der Waals surface area contributed by atoms with Crippen LogP contribution in [0.4, 0.5) is 0 Å². The van der Waals surface area contributed by atoms with Crippen molar-refractivity contribution < 1.29 is 19.4 Å². The Balaban J connectivity index is 3.09. The molecule has 5 heteroatoms.